The van der Waals surface area contributed by atoms with Crippen LogP contribution in [0.1, 0.15) is 18.3 Å². The number of hydrogen-bond acceptors (Lipinski definition) is 2. The Morgan fingerprint density at radius 3 is 2.62 bits per heavy atom. The Bertz CT molecular complexity index is 1120. The van der Waals surface area contributed by atoms with Crippen molar-refractivity contribution in [3.05, 3.63) is 76.5 Å². The van der Waals surface area contributed by atoms with Crippen LogP contribution in [0.25, 0.3) is 34.0 Å². The normalized spacial score (nSPS) is 11.7. The first-order valence-electron chi connectivity index (χ1n) is 8.01. The highest BCUT2D eigenvalue weighted by molar-refractivity contribution is 5.92. The van der Waals surface area contributed by atoms with Crippen LogP contribution in [-0.2, 0) is 6.54 Å². The number of aryl methyl sites for hydroxylation is 1. The zero-order valence-electron chi connectivity index (χ0n) is 13.4. The quantitative estimate of drug-likeness (QED) is 0.619. The number of hydrogen-bond donors (Lipinski definition) is 1. The summed E-state index contributed by atoms with van der Waals surface area (Å²) in [6.45, 7) is 3.04. The summed E-state index contributed by atoms with van der Waals surface area (Å²) in [7, 11) is 0. The van der Waals surface area contributed by atoms with E-state index in [0.717, 1.165) is 12.1 Å². The predicted octanol–water partition coefficient (Wildman–Crippen LogP) is 4.07. The van der Waals surface area contributed by atoms with E-state index in [9.17, 15) is 4.79 Å². The van der Waals surface area contributed by atoms with Gasteiger partial charge in [-0.25, -0.2) is 4.98 Å². The molecular weight excluding hydrogens is 298 g/mol. The van der Waals surface area contributed by atoms with Crippen LogP contribution >= 0.6 is 0 Å². The fraction of sp³-hybridized carbons (Fsp3) is 0.100. The molecule has 4 rings (SSSR count). The maximum atomic E-state index is 12.1. The van der Waals surface area contributed by atoms with Crippen LogP contribution in [0.5, 0.6) is 0 Å². The Labute approximate surface area is 139 Å². The summed E-state index contributed by atoms with van der Waals surface area (Å²) in [6.07, 6.45) is 5.98. The average Bonchev–Trinajstić information content (AvgIpc) is 2.98. The van der Waals surface area contributed by atoms with E-state index in [1.54, 1.807) is 6.07 Å². The topological polar surface area (TPSA) is 50.7 Å². The summed E-state index contributed by atoms with van der Waals surface area (Å²) in [6, 6.07) is 15.7. The van der Waals surface area contributed by atoms with Gasteiger partial charge in [-0.15, -0.1) is 0 Å². The van der Waals surface area contributed by atoms with Gasteiger partial charge in [0.15, 0.2) is 0 Å². The molecule has 0 spiro atoms. The number of nitrogens with zero attached hydrogens (tertiary/aromatic N) is 2. The second-order valence-electron chi connectivity index (χ2n) is 5.69. The van der Waals surface area contributed by atoms with Gasteiger partial charge in [-0.1, -0.05) is 30.3 Å². The van der Waals surface area contributed by atoms with Crippen molar-refractivity contribution in [1.29, 1.82) is 0 Å². The van der Waals surface area contributed by atoms with Crippen LogP contribution in [-0.4, -0.2) is 14.5 Å². The number of benzene rings is 2. The third kappa shape index (κ3) is 2.42. The average molecular weight is 315 g/mol. The van der Waals surface area contributed by atoms with Crippen LogP contribution in [0.2, 0.25) is 0 Å². The smallest absolute Gasteiger partial charge is 0.259 e. The summed E-state index contributed by atoms with van der Waals surface area (Å²) in [4.78, 5) is 19.5. The molecule has 24 heavy (non-hydrogen) atoms. The molecule has 0 aliphatic rings. The monoisotopic (exact) mass is 315 g/mol. The minimum absolute atomic E-state index is 0.115. The highest BCUT2D eigenvalue weighted by Crippen LogP contribution is 2.23. The van der Waals surface area contributed by atoms with Crippen molar-refractivity contribution in [3.8, 4) is 0 Å². The molecule has 0 atom stereocenters. The van der Waals surface area contributed by atoms with Crippen molar-refractivity contribution in [2.24, 2.45) is 0 Å². The van der Waals surface area contributed by atoms with E-state index in [4.69, 9.17) is 0 Å². The molecule has 0 radical (unpaired) electrons. The molecule has 0 aliphatic carbocycles. The van der Waals surface area contributed by atoms with Gasteiger partial charge in [-0.05, 0) is 37.3 Å². The molecule has 0 unspecified atom stereocenters. The van der Waals surface area contributed by atoms with Crippen LogP contribution in [0.15, 0.2) is 59.5 Å². The minimum Gasteiger partial charge on any atom is -0.347 e. The number of nitrogens with one attached hydrogen (secondary N) is 1. The van der Waals surface area contributed by atoms with E-state index in [0.29, 0.717) is 16.7 Å². The van der Waals surface area contributed by atoms with Crippen molar-refractivity contribution < 1.29 is 0 Å². The third-order valence-corrected chi connectivity index (χ3v) is 4.21. The maximum absolute atomic E-state index is 12.1. The van der Waals surface area contributed by atoms with Crippen LogP contribution in [0.3, 0.4) is 0 Å². The maximum Gasteiger partial charge on any atom is 0.259 e. The molecule has 0 bridgehead atoms. The van der Waals surface area contributed by atoms with Gasteiger partial charge < -0.3 is 9.55 Å². The van der Waals surface area contributed by atoms with Gasteiger partial charge in [0.05, 0.1) is 10.9 Å². The van der Waals surface area contributed by atoms with Crippen molar-refractivity contribution >= 4 is 34.0 Å². The molecule has 0 saturated carbocycles. The zero-order valence-corrected chi connectivity index (χ0v) is 13.4. The summed E-state index contributed by atoms with van der Waals surface area (Å²) in [5, 5.41) is 1.80. The summed E-state index contributed by atoms with van der Waals surface area (Å²) in [5.41, 5.74) is 2.91. The summed E-state index contributed by atoms with van der Waals surface area (Å²) < 4.78 is 2.21. The molecule has 1 N–H and O–H groups in total. The van der Waals surface area contributed by atoms with Crippen LogP contribution in [0, 0.1) is 0 Å². The van der Waals surface area contributed by atoms with E-state index in [-0.39, 0.29) is 5.56 Å². The molecular formula is C20H17N3O. The van der Waals surface area contributed by atoms with Gasteiger partial charge in [0.25, 0.3) is 5.56 Å². The molecule has 2 heterocycles. The van der Waals surface area contributed by atoms with Crippen molar-refractivity contribution in [1.82, 2.24) is 14.5 Å². The molecule has 0 amide bonds. The molecule has 4 nitrogen and oxygen atoms in total. The minimum atomic E-state index is -0.115. The zero-order chi connectivity index (χ0) is 16.5. The standard InChI is InChI=1S/C20H17N3O/c1-2-23-13-14(15-7-4-6-10-18(15)23)11-12-19-21-17-9-5-3-8-16(17)20(24)22-19/h3-13H,2H2,1H3,(H,21,22,24). The van der Waals surface area contributed by atoms with Gasteiger partial charge >= 0.3 is 0 Å². The number of H-pyrrole nitrogens is 1. The Morgan fingerprint density at radius 2 is 1.79 bits per heavy atom. The molecule has 0 fully saturated rings. The summed E-state index contributed by atoms with van der Waals surface area (Å²) >= 11 is 0. The van der Waals surface area contributed by atoms with Crippen molar-refractivity contribution in [3.63, 3.8) is 0 Å². The highest BCUT2D eigenvalue weighted by Gasteiger charge is 2.05. The number of rotatable bonds is 3. The first-order valence-corrected chi connectivity index (χ1v) is 8.01. The number of aromatic nitrogens is 3. The van der Waals surface area contributed by atoms with Crippen molar-refractivity contribution in [2.75, 3.05) is 0 Å². The first kappa shape index (κ1) is 14.5. The Kier molecular flexibility index (Phi) is 3.50. The molecule has 4 heteroatoms. The van der Waals surface area contributed by atoms with Gasteiger partial charge in [0.1, 0.15) is 5.82 Å². The molecule has 2 aromatic carbocycles. The fourth-order valence-electron chi connectivity index (χ4n) is 3.02. The lowest BCUT2D eigenvalue weighted by Gasteiger charge is -1.98. The van der Waals surface area contributed by atoms with Crippen LogP contribution < -0.4 is 5.56 Å². The van der Waals surface area contributed by atoms with Crippen LogP contribution in [0.4, 0.5) is 0 Å². The molecule has 4 aromatic rings. The first-order chi connectivity index (χ1) is 11.8. The lowest BCUT2D eigenvalue weighted by atomic mass is 10.1. The van der Waals surface area contributed by atoms with Gasteiger partial charge in [-0.3, -0.25) is 4.79 Å². The molecule has 0 aliphatic heterocycles. The second kappa shape index (κ2) is 5.81. The molecule has 2 aromatic heterocycles. The Balaban J connectivity index is 1.80. The van der Waals surface area contributed by atoms with E-state index >= 15 is 0 Å². The number of fused-ring (bicyclic) bond motifs is 2. The highest BCUT2D eigenvalue weighted by atomic mass is 16.1. The lowest BCUT2D eigenvalue weighted by molar-refractivity contribution is 0.797. The number of aromatic amines is 1. The Morgan fingerprint density at radius 1 is 1.04 bits per heavy atom. The second-order valence-corrected chi connectivity index (χ2v) is 5.69. The predicted molar refractivity (Wildman–Crippen MR) is 98.9 cm³/mol. The van der Waals surface area contributed by atoms with Crippen molar-refractivity contribution in [2.45, 2.75) is 13.5 Å². The molecule has 118 valence electrons. The SMILES string of the molecule is CCn1cc(C=Cc2nc3ccccc3c(=O)[nH]2)c2ccccc21. The van der Waals surface area contributed by atoms with E-state index in [2.05, 4.69) is 39.8 Å². The number of para-hydroxylation sites is 2. The third-order valence-electron chi connectivity index (χ3n) is 4.21. The lowest BCUT2D eigenvalue weighted by Crippen LogP contribution is -2.09. The summed E-state index contributed by atoms with van der Waals surface area (Å²) in [5.74, 6) is 0.562. The van der Waals surface area contributed by atoms with E-state index < -0.39 is 0 Å². The largest absolute Gasteiger partial charge is 0.347 e. The van der Waals surface area contributed by atoms with E-state index in [1.807, 2.05) is 42.5 Å². The van der Waals surface area contributed by atoms with Gasteiger partial charge in [-0.2, -0.15) is 0 Å². The van der Waals surface area contributed by atoms with Gasteiger partial charge in [0.2, 0.25) is 0 Å². The fourth-order valence-corrected chi connectivity index (χ4v) is 3.02. The molecule has 0 saturated heterocycles. The van der Waals surface area contributed by atoms with E-state index in [1.165, 1.54) is 10.9 Å². The Hall–Kier alpha value is -3.14. The van der Waals surface area contributed by atoms with Gasteiger partial charge in [0, 0.05) is 29.2 Å².